The first kappa shape index (κ1) is 33.6. The van der Waals surface area contributed by atoms with Gasteiger partial charge in [-0.15, -0.1) is 0 Å². The zero-order valence-corrected chi connectivity index (χ0v) is 30.5. The smallest absolute Gasteiger partial charge is 0.160 e. The van der Waals surface area contributed by atoms with E-state index in [0.717, 1.165) is 67.9 Å². The zero-order valence-electron chi connectivity index (χ0n) is 30.5. The van der Waals surface area contributed by atoms with Crippen molar-refractivity contribution < 1.29 is 0 Å². The fourth-order valence-corrected chi connectivity index (χ4v) is 7.56. The Balaban J connectivity index is 1.01. The van der Waals surface area contributed by atoms with E-state index in [1.54, 1.807) is 0 Å². The second-order valence-electron chi connectivity index (χ2n) is 13.9. The SMILES string of the molecule is CCC1Nc2ccccc2N1c1cccc(-c2cccc(-c3ccc(-c4ccc(-c5cc(-c6ccccc6)nc(-c6ccccc6)n5)c(N)c4)c(N)c3)c2)c1. The van der Waals surface area contributed by atoms with E-state index < -0.39 is 0 Å². The van der Waals surface area contributed by atoms with Gasteiger partial charge in [-0.3, -0.25) is 0 Å². The van der Waals surface area contributed by atoms with Gasteiger partial charge in [-0.25, -0.2) is 9.97 Å². The van der Waals surface area contributed by atoms with Crippen LogP contribution >= 0.6 is 0 Å². The molecule has 55 heavy (non-hydrogen) atoms. The minimum atomic E-state index is 0.208. The first-order valence-electron chi connectivity index (χ1n) is 18.7. The fourth-order valence-electron chi connectivity index (χ4n) is 7.56. The molecule has 0 aliphatic carbocycles. The predicted molar refractivity (Wildman–Crippen MR) is 230 cm³/mol. The molecule has 1 aliphatic rings. The van der Waals surface area contributed by atoms with E-state index in [0.29, 0.717) is 17.2 Å². The Hall–Kier alpha value is -7.18. The first-order chi connectivity index (χ1) is 27.0. The lowest BCUT2D eigenvalue weighted by atomic mass is 9.95. The predicted octanol–water partition coefficient (Wildman–Crippen LogP) is 11.9. The summed E-state index contributed by atoms with van der Waals surface area (Å²) in [5, 5.41) is 3.67. The molecule has 8 aromatic rings. The highest BCUT2D eigenvalue weighted by Crippen LogP contribution is 2.42. The normalized spacial score (nSPS) is 13.3. The summed E-state index contributed by atoms with van der Waals surface area (Å²) < 4.78 is 0. The molecule has 2 heterocycles. The largest absolute Gasteiger partial charge is 0.398 e. The second-order valence-corrected chi connectivity index (χ2v) is 13.9. The molecule has 0 saturated heterocycles. The van der Waals surface area contributed by atoms with Gasteiger partial charge in [0.1, 0.15) is 6.17 Å². The van der Waals surface area contributed by atoms with Gasteiger partial charge in [0, 0.05) is 39.3 Å². The topological polar surface area (TPSA) is 93.1 Å². The van der Waals surface area contributed by atoms with Crippen molar-refractivity contribution in [1.29, 1.82) is 0 Å². The molecule has 1 unspecified atom stereocenters. The van der Waals surface area contributed by atoms with Crippen molar-refractivity contribution in [1.82, 2.24) is 9.97 Å². The number of hydrogen-bond acceptors (Lipinski definition) is 6. The summed E-state index contributed by atoms with van der Waals surface area (Å²) in [4.78, 5) is 12.3. The highest BCUT2D eigenvalue weighted by Gasteiger charge is 2.28. The van der Waals surface area contributed by atoms with E-state index in [2.05, 4.69) is 126 Å². The number of fused-ring (bicyclic) bond motifs is 1. The number of nitrogens with two attached hydrogens (primary N) is 2. The molecule has 9 rings (SSSR count). The van der Waals surface area contributed by atoms with Crippen LogP contribution in [0.5, 0.6) is 0 Å². The maximum atomic E-state index is 6.79. The van der Waals surface area contributed by atoms with E-state index in [1.165, 1.54) is 17.1 Å². The van der Waals surface area contributed by atoms with Gasteiger partial charge in [-0.1, -0.05) is 134 Å². The number of benzene rings is 7. The monoisotopic (exact) mass is 712 g/mol. The number of nitrogens with one attached hydrogen (secondary N) is 1. The highest BCUT2D eigenvalue weighted by atomic mass is 15.3. The third-order valence-electron chi connectivity index (χ3n) is 10.4. The Bertz CT molecular complexity index is 2600. The zero-order chi connectivity index (χ0) is 37.3. The van der Waals surface area contributed by atoms with Gasteiger partial charge in [-0.2, -0.15) is 0 Å². The molecule has 0 fully saturated rings. The van der Waals surface area contributed by atoms with Crippen molar-refractivity contribution in [2.24, 2.45) is 0 Å². The maximum Gasteiger partial charge on any atom is 0.160 e. The van der Waals surface area contributed by atoms with Crippen LogP contribution in [0, 0.1) is 0 Å². The van der Waals surface area contributed by atoms with Crippen molar-refractivity contribution in [3.8, 4) is 67.3 Å². The molecule has 1 aromatic heterocycles. The number of nitrogen functional groups attached to an aromatic ring is 2. The van der Waals surface area contributed by atoms with Crippen LogP contribution in [0.25, 0.3) is 67.3 Å². The molecule has 0 saturated carbocycles. The van der Waals surface area contributed by atoms with E-state index in [9.17, 15) is 0 Å². The van der Waals surface area contributed by atoms with Crippen molar-refractivity contribution in [2.45, 2.75) is 19.5 Å². The number of anilines is 5. The van der Waals surface area contributed by atoms with Gasteiger partial charge in [0.15, 0.2) is 5.82 Å². The molecule has 0 spiro atoms. The van der Waals surface area contributed by atoms with Crippen molar-refractivity contribution in [3.05, 3.63) is 176 Å². The number of hydrogen-bond donors (Lipinski definition) is 3. The molecule has 6 heteroatoms. The number of rotatable bonds is 8. The third kappa shape index (κ3) is 6.55. The molecule has 0 amide bonds. The number of nitrogens with zero attached hydrogens (tertiary/aromatic N) is 3. The molecule has 0 radical (unpaired) electrons. The van der Waals surface area contributed by atoms with Gasteiger partial charge in [-0.05, 0) is 82.8 Å². The standard InChI is InChI=1S/C49H40N6/c1-2-48-52-44-21-9-10-22-47(44)55(48)39-20-12-19-36(28-39)34-17-11-18-35(27-34)37-23-25-40(42(50)29-37)38-24-26-41(43(51)30-38)46-31-45(32-13-5-3-6-14-32)53-49(54-46)33-15-7-4-8-16-33/h3-31,48,52H,2,50-51H2,1H3. The van der Waals surface area contributed by atoms with Crippen LogP contribution in [0.15, 0.2) is 176 Å². The summed E-state index contributed by atoms with van der Waals surface area (Å²) in [6, 6.07) is 60.5. The lowest BCUT2D eigenvalue weighted by molar-refractivity contribution is 0.728. The minimum absolute atomic E-state index is 0.208. The first-order valence-corrected chi connectivity index (χ1v) is 18.7. The fraction of sp³-hybridized carbons (Fsp3) is 0.0612. The summed E-state index contributed by atoms with van der Waals surface area (Å²) >= 11 is 0. The van der Waals surface area contributed by atoms with E-state index in [4.69, 9.17) is 21.4 Å². The van der Waals surface area contributed by atoms with E-state index >= 15 is 0 Å². The Labute approximate surface area is 321 Å². The van der Waals surface area contributed by atoms with Crippen LogP contribution in [0.4, 0.5) is 28.4 Å². The molecule has 7 aromatic carbocycles. The van der Waals surface area contributed by atoms with E-state index in [1.807, 2.05) is 66.7 Å². The third-order valence-corrected chi connectivity index (χ3v) is 10.4. The Morgan fingerprint density at radius 3 is 1.78 bits per heavy atom. The highest BCUT2D eigenvalue weighted by molar-refractivity contribution is 5.88. The lowest BCUT2D eigenvalue weighted by Gasteiger charge is -2.26. The molecule has 266 valence electrons. The molecular formula is C49H40N6. The van der Waals surface area contributed by atoms with Crippen LogP contribution in [0.1, 0.15) is 13.3 Å². The summed E-state index contributed by atoms with van der Waals surface area (Å²) in [5.41, 5.74) is 29.1. The quantitative estimate of drug-likeness (QED) is 0.136. The van der Waals surface area contributed by atoms with Crippen LogP contribution in [-0.4, -0.2) is 16.1 Å². The molecular weight excluding hydrogens is 673 g/mol. The molecule has 6 nitrogen and oxygen atoms in total. The average molecular weight is 713 g/mol. The van der Waals surface area contributed by atoms with Gasteiger partial charge in [0.25, 0.3) is 0 Å². The van der Waals surface area contributed by atoms with Crippen molar-refractivity contribution in [2.75, 3.05) is 21.7 Å². The molecule has 1 aliphatic heterocycles. The van der Waals surface area contributed by atoms with Crippen LogP contribution in [0.2, 0.25) is 0 Å². The maximum absolute atomic E-state index is 6.79. The summed E-state index contributed by atoms with van der Waals surface area (Å²) in [6.45, 7) is 2.22. The number of para-hydroxylation sites is 2. The average Bonchev–Trinajstić information content (AvgIpc) is 3.63. The van der Waals surface area contributed by atoms with Gasteiger partial charge < -0.3 is 21.7 Å². The molecule has 5 N–H and O–H groups in total. The van der Waals surface area contributed by atoms with Crippen molar-refractivity contribution >= 4 is 28.4 Å². The minimum Gasteiger partial charge on any atom is -0.398 e. The summed E-state index contributed by atoms with van der Waals surface area (Å²) in [5.74, 6) is 0.650. The van der Waals surface area contributed by atoms with Crippen LogP contribution in [-0.2, 0) is 0 Å². The summed E-state index contributed by atoms with van der Waals surface area (Å²) in [7, 11) is 0. The second kappa shape index (κ2) is 14.3. The van der Waals surface area contributed by atoms with Gasteiger partial charge in [0.05, 0.1) is 22.8 Å². The molecule has 1 atom stereocenters. The lowest BCUT2D eigenvalue weighted by Crippen LogP contribution is -2.30. The molecule has 0 bridgehead atoms. The Morgan fingerprint density at radius 2 is 1.05 bits per heavy atom. The summed E-state index contributed by atoms with van der Waals surface area (Å²) in [6.07, 6.45) is 1.19. The van der Waals surface area contributed by atoms with Crippen LogP contribution < -0.4 is 21.7 Å². The van der Waals surface area contributed by atoms with Gasteiger partial charge in [0.2, 0.25) is 0 Å². The van der Waals surface area contributed by atoms with Gasteiger partial charge >= 0.3 is 0 Å². The number of aromatic nitrogens is 2. The van der Waals surface area contributed by atoms with Crippen LogP contribution in [0.3, 0.4) is 0 Å². The Morgan fingerprint density at radius 1 is 0.491 bits per heavy atom. The Kier molecular flexibility index (Phi) is 8.77. The van der Waals surface area contributed by atoms with Crippen molar-refractivity contribution in [3.63, 3.8) is 0 Å². The van der Waals surface area contributed by atoms with E-state index in [-0.39, 0.29) is 6.17 Å².